The van der Waals surface area contributed by atoms with Crippen LogP contribution in [0.2, 0.25) is 0 Å². The average Bonchev–Trinajstić information content (AvgIpc) is 2.72. The monoisotopic (exact) mass is 370 g/mol. The minimum absolute atomic E-state index is 0.174. The van der Waals surface area contributed by atoms with Crippen molar-refractivity contribution in [2.45, 2.75) is 0 Å². The summed E-state index contributed by atoms with van der Waals surface area (Å²) in [6.45, 7) is 0. The molecule has 0 fully saturated rings. The molecule has 4 aromatic carbocycles. The standard InChI is InChI=1S/C24H18O4/c25-21-8-6-16(13-23(21)27)19-10-18(15-4-2-1-3-5-15)11-20(12-19)17-7-9-22(26)24(28)14-17/h1-14,25-28H. The number of phenols is 4. The van der Waals surface area contributed by atoms with Crippen molar-refractivity contribution in [1.82, 2.24) is 0 Å². The third-order valence-electron chi connectivity index (χ3n) is 4.66. The second-order valence-corrected chi connectivity index (χ2v) is 6.57. The summed E-state index contributed by atoms with van der Waals surface area (Å²) in [4.78, 5) is 0. The summed E-state index contributed by atoms with van der Waals surface area (Å²) in [6.07, 6.45) is 0. The molecule has 0 aromatic heterocycles. The highest BCUT2D eigenvalue weighted by Crippen LogP contribution is 2.37. The SMILES string of the molecule is Oc1ccc(-c2cc(-c3ccccc3)cc(-c3ccc(O)c(O)c3)c2)cc1O. The predicted molar refractivity (Wildman–Crippen MR) is 109 cm³/mol. The van der Waals surface area contributed by atoms with Crippen LogP contribution < -0.4 is 0 Å². The first-order chi connectivity index (χ1) is 13.5. The lowest BCUT2D eigenvalue weighted by Crippen LogP contribution is -1.86. The Balaban J connectivity index is 1.92. The summed E-state index contributed by atoms with van der Waals surface area (Å²) in [5, 5.41) is 39.0. The minimum atomic E-state index is -0.188. The molecule has 0 bridgehead atoms. The topological polar surface area (TPSA) is 80.9 Å². The van der Waals surface area contributed by atoms with E-state index in [1.807, 2.05) is 48.5 Å². The number of benzene rings is 4. The Hall–Kier alpha value is -3.92. The van der Waals surface area contributed by atoms with E-state index in [1.165, 1.54) is 24.3 Å². The Labute approximate surface area is 162 Å². The molecule has 138 valence electrons. The molecule has 0 heterocycles. The Morgan fingerprint density at radius 2 is 0.750 bits per heavy atom. The van der Waals surface area contributed by atoms with Gasteiger partial charge in [0.2, 0.25) is 0 Å². The van der Waals surface area contributed by atoms with Gasteiger partial charge in [-0.1, -0.05) is 42.5 Å². The summed E-state index contributed by atoms with van der Waals surface area (Å²) in [6, 6.07) is 25.2. The molecule has 0 radical (unpaired) electrons. The lowest BCUT2D eigenvalue weighted by Gasteiger charge is -2.12. The van der Waals surface area contributed by atoms with E-state index in [1.54, 1.807) is 12.1 Å². The summed E-state index contributed by atoms with van der Waals surface area (Å²) in [7, 11) is 0. The van der Waals surface area contributed by atoms with Crippen molar-refractivity contribution >= 4 is 0 Å². The van der Waals surface area contributed by atoms with Crippen LogP contribution in [0.1, 0.15) is 0 Å². The lowest BCUT2D eigenvalue weighted by molar-refractivity contribution is 0.404. The molecule has 0 saturated carbocycles. The van der Waals surface area contributed by atoms with E-state index in [0.717, 1.165) is 33.4 Å². The summed E-state index contributed by atoms with van der Waals surface area (Å²) >= 11 is 0. The highest BCUT2D eigenvalue weighted by atomic mass is 16.3. The third-order valence-corrected chi connectivity index (χ3v) is 4.66. The van der Waals surface area contributed by atoms with E-state index in [0.29, 0.717) is 0 Å². The van der Waals surface area contributed by atoms with Crippen LogP contribution in [-0.4, -0.2) is 20.4 Å². The fourth-order valence-electron chi connectivity index (χ4n) is 3.16. The van der Waals surface area contributed by atoms with Gasteiger partial charge in [-0.05, 0) is 75.8 Å². The van der Waals surface area contributed by atoms with Gasteiger partial charge in [0.15, 0.2) is 23.0 Å². The van der Waals surface area contributed by atoms with Crippen molar-refractivity contribution in [1.29, 1.82) is 0 Å². The van der Waals surface area contributed by atoms with Crippen molar-refractivity contribution < 1.29 is 20.4 Å². The van der Waals surface area contributed by atoms with Gasteiger partial charge >= 0.3 is 0 Å². The largest absolute Gasteiger partial charge is 0.504 e. The van der Waals surface area contributed by atoms with Crippen LogP contribution in [0.15, 0.2) is 84.9 Å². The van der Waals surface area contributed by atoms with Gasteiger partial charge in [-0.2, -0.15) is 0 Å². The van der Waals surface area contributed by atoms with Crippen molar-refractivity contribution in [3.05, 3.63) is 84.9 Å². The maximum Gasteiger partial charge on any atom is 0.158 e. The molecule has 4 heteroatoms. The second kappa shape index (κ2) is 7.00. The Morgan fingerprint density at radius 3 is 1.18 bits per heavy atom. The van der Waals surface area contributed by atoms with Crippen molar-refractivity contribution in [2.24, 2.45) is 0 Å². The van der Waals surface area contributed by atoms with Gasteiger partial charge in [-0.3, -0.25) is 0 Å². The van der Waals surface area contributed by atoms with Gasteiger partial charge in [-0.25, -0.2) is 0 Å². The normalized spacial score (nSPS) is 10.7. The van der Waals surface area contributed by atoms with Crippen LogP contribution in [0.5, 0.6) is 23.0 Å². The summed E-state index contributed by atoms with van der Waals surface area (Å²) in [5.41, 5.74) is 5.18. The summed E-state index contributed by atoms with van der Waals surface area (Å²) < 4.78 is 0. The van der Waals surface area contributed by atoms with Gasteiger partial charge < -0.3 is 20.4 Å². The molecule has 4 aromatic rings. The third kappa shape index (κ3) is 3.35. The molecule has 4 N–H and O–H groups in total. The van der Waals surface area contributed by atoms with E-state index < -0.39 is 0 Å². The Morgan fingerprint density at radius 1 is 0.321 bits per heavy atom. The number of hydrogen-bond donors (Lipinski definition) is 4. The molecule has 0 saturated heterocycles. The highest BCUT2D eigenvalue weighted by molar-refractivity contribution is 5.82. The molecule has 0 aliphatic rings. The Kier molecular flexibility index (Phi) is 4.38. The van der Waals surface area contributed by atoms with Gasteiger partial charge in [-0.15, -0.1) is 0 Å². The van der Waals surface area contributed by atoms with Gasteiger partial charge in [0.25, 0.3) is 0 Å². The highest BCUT2D eigenvalue weighted by Gasteiger charge is 2.10. The summed E-state index contributed by atoms with van der Waals surface area (Å²) in [5.74, 6) is -0.726. The van der Waals surface area contributed by atoms with E-state index >= 15 is 0 Å². The van der Waals surface area contributed by atoms with Crippen molar-refractivity contribution in [2.75, 3.05) is 0 Å². The van der Waals surface area contributed by atoms with E-state index in [-0.39, 0.29) is 23.0 Å². The number of rotatable bonds is 3. The fraction of sp³-hybridized carbons (Fsp3) is 0. The molecule has 0 spiro atoms. The minimum Gasteiger partial charge on any atom is -0.504 e. The Bertz CT molecular complexity index is 1080. The smallest absolute Gasteiger partial charge is 0.158 e. The van der Waals surface area contributed by atoms with Crippen LogP contribution in [-0.2, 0) is 0 Å². The average molecular weight is 370 g/mol. The first-order valence-corrected chi connectivity index (χ1v) is 8.76. The zero-order chi connectivity index (χ0) is 19.7. The van der Waals surface area contributed by atoms with E-state index in [2.05, 4.69) is 0 Å². The predicted octanol–water partition coefficient (Wildman–Crippen LogP) is 5.51. The van der Waals surface area contributed by atoms with E-state index in [4.69, 9.17) is 0 Å². The molecule has 0 atom stereocenters. The second-order valence-electron chi connectivity index (χ2n) is 6.57. The zero-order valence-electron chi connectivity index (χ0n) is 14.9. The van der Waals surface area contributed by atoms with Crippen LogP contribution in [0, 0.1) is 0 Å². The number of hydrogen-bond acceptors (Lipinski definition) is 4. The molecule has 4 nitrogen and oxygen atoms in total. The lowest BCUT2D eigenvalue weighted by atomic mass is 9.93. The zero-order valence-corrected chi connectivity index (χ0v) is 14.9. The number of phenolic OH excluding ortho intramolecular Hbond substituents is 4. The fourth-order valence-corrected chi connectivity index (χ4v) is 3.16. The molecule has 0 aliphatic heterocycles. The maximum absolute atomic E-state index is 9.89. The number of aromatic hydroxyl groups is 4. The molecule has 28 heavy (non-hydrogen) atoms. The maximum atomic E-state index is 9.89. The molecule has 0 unspecified atom stereocenters. The van der Waals surface area contributed by atoms with Crippen molar-refractivity contribution in [3.63, 3.8) is 0 Å². The first-order valence-electron chi connectivity index (χ1n) is 8.76. The quantitative estimate of drug-likeness (QED) is 0.359. The first kappa shape index (κ1) is 17.5. The molecular weight excluding hydrogens is 352 g/mol. The molecule has 4 rings (SSSR count). The van der Waals surface area contributed by atoms with Crippen LogP contribution in [0.25, 0.3) is 33.4 Å². The van der Waals surface area contributed by atoms with Gasteiger partial charge in [0, 0.05) is 0 Å². The molecular formula is C24H18O4. The van der Waals surface area contributed by atoms with E-state index in [9.17, 15) is 20.4 Å². The van der Waals surface area contributed by atoms with Crippen LogP contribution >= 0.6 is 0 Å². The van der Waals surface area contributed by atoms with Gasteiger partial charge in [0.05, 0.1) is 0 Å². The van der Waals surface area contributed by atoms with Crippen molar-refractivity contribution in [3.8, 4) is 56.4 Å². The molecule has 0 aliphatic carbocycles. The molecule has 0 amide bonds. The van der Waals surface area contributed by atoms with Gasteiger partial charge in [0.1, 0.15) is 0 Å². The van der Waals surface area contributed by atoms with Crippen LogP contribution in [0.3, 0.4) is 0 Å². The van der Waals surface area contributed by atoms with Crippen LogP contribution in [0.4, 0.5) is 0 Å².